The number of aromatic nitrogens is 1. The number of halogens is 1. The van der Waals surface area contributed by atoms with Crippen molar-refractivity contribution in [2.75, 3.05) is 24.3 Å². The summed E-state index contributed by atoms with van der Waals surface area (Å²) < 4.78 is 15.4. The highest BCUT2D eigenvalue weighted by Crippen LogP contribution is 2.16. The molecule has 0 radical (unpaired) electrons. The van der Waals surface area contributed by atoms with Gasteiger partial charge in [0.1, 0.15) is 17.5 Å². The van der Waals surface area contributed by atoms with Gasteiger partial charge in [-0.1, -0.05) is 0 Å². The Balaban J connectivity index is 2.42. The second kappa shape index (κ2) is 3.36. The van der Waals surface area contributed by atoms with Gasteiger partial charge in [-0.2, -0.15) is 4.37 Å². The first kappa shape index (κ1) is 7.27. The highest BCUT2D eigenvalue weighted by molar-refractivity contribution is 7.10. The van der Waals surface area contributed by atoms with Gasteiger partial charge in [0.05, 0.1) is 0 Å². The molecule has 0 aliphatic rings. The lowest BCUT2D eigenvalue weighted by Gasteiger charge is -1.94. The molecule has 1 heterocycles. The lowest BCUT2D eigenvalue weighted by atomic mass is 10.6. The molecule has 1 aromatic rings. The Morgan fingerprint density at radius 1 is 1.80 bits per heavy atom. The molecule has 0 amide bonds. The molecule has 0 bridgehead atoms. The summed E-state index contributed by atoms with van der Waals surface area (Å²) in [5.74, 6) is 0.478. The number of nitrogen functional groups attached to an aromatic ring is 1. The Kier molecular flexibility index (Phi) is 2.44. The molecule has 0 saturated carbocycles. The van der Waals surface area contributed by atoms with E-state index >= 15 is 0 Å². The van der Waals surface area contributed by atoms with Gasteiger partial charge in [0, 0.05) is 12.6 Å². The van der Waals surface area contributed by atoms with E-state index in [1.807, 2.05) is 0 Å². The van der Waals surface area contributed by atoms with Crippen LogP contribution in [-0.4, -0.2) is 17.6 Å². The molecule has 0 aliphatic heterocycles. The number of hydrogen-bond donors (Lipinski definition) is 2. The average Bonchev–Trinajstić information content (AvgIpc) is 2.31. The zero-order valence-corrected chi connectivity index (χ0v) is 6.12. The van der Waals surface area contributed by atoms with Gasteiger partial charge in [-0.15, -0.1) is 0 Å². The van der Waals surface area contributed by atoms with Crippen LogP contribution in [0, 0.1) is 0 Å². The van der Waals surface area contributed by atoms with Crippen molar-refractivity contribution >= 4 is 22.4 Å². The molecule has 10 heavy (non-hydrogen) atoms. The SMILES string of the molecule is Nc1cc(NCCF)sn1. The molecule has 0 spiro atoms. The van der Waals surface area contributed by atoms with Gasteiger partial charge in [-0.25, -0.2) is 4.39 Å². The summed E-state index contributed by atoms with van der Waals surface area (Å²) in [7, 11) is 0. The first-order valence-electron chi connectivity index (χ1n) is 2.85. The van der Waals surface area contributed by atoms with E-state index in [-0.39, 0.29) is 6.67 Å². The Morgan fingerprint density at radius 2 is 2.60 bits per heavy atom. The molecule has 56 valence electrons. The second-order valence-electron chi connectivity index (χ2n) is 1.73. The van der Waals surface area contributed by atoms with Crippen LogP contribution in [0.15, 0.2) is 6.07 Å². The highest BCUT2D eigenvalue weighted by Gasteiger charge is 1.95. The molecule has 3 nitrogen and oxygen atoms in total. The third-order valence-electron chi connectivity index (χ3n) is 0.922. The number of nitrogens with one attached hydrogen (secondary N) is 1. The fraction of sp³-hybridized carbons (Fsp3) is 0.400. The zero-order chi connectivity index (χ0) is 7.40. The quantitative estimate of drug-likeness (QED) is 0.698. The number of hydrogen-bond acceptors (Lipinski definition) is 4. The maximum atomic E-state index is 11.6. The summed E-state index contributed by atoms with van der Waals surface area (Å²) in [5, 5.41) is 3.63. The molecule has 0 saturated heterocycles. The van der Waals surface area contributed by atoms with Gasteiger partial charge in [0.2, 0.25) is 0 Å². The number of anilines is 2. The standard InChI is InChI=1S/C5H8FN3S/c6-1-2-8-5-3-4(7)9-10-5/h3,8H,1-2H2,(H2,7,9). The van der Waals surface area contributed by atoms with Crippen molar-refractivity contribution in [2.24, 2.45) is 0 Å². The third-order valence-corrected chi connectivity index (χ3v) is 1.68. The minimum Gasteiger partial charge on any atom is -0.383 e. The van der Waals surface area contributed by atoms with Crippen LogP contribution in [0.3, 0.4) is 0 Å². The van der Waals surface area contributed by atoms with Crippen LogP contribution in [0.2, 0.25) is 0 Å². The predicted molar refractivity (Wildman–Crippen MR) is 41.0 cm³/mol. The van der Waals surface area contributed by atoms with Gasteiger partial charge in [-0.3, -0.25) is 0 Å². The molecule has 0 fully saturated rings. The van der Waals surface area contributed by atoms with E-state index in [0.717, 1.165) is 5.00 Å². The van der Waals surface area contributed by atoms with Gasteiger partial charge < -0.3 is 11.1 Å². The van der Waals surface area contributed by atoms with E-state index in [9.17, 15) is 4.39 Å². The molecule has 5 heteroatoms. The summed E-state index contributed by atoms with van der Waals surface area (Å²) in [4.78, 5) is 0. The smallest absolute Gasteiger partial charge is 0.139 e. The van der Waals surface area contributed by atoms with Gasteiger partial charge >= 0.3 is 0 Å². The molecule has 1 rings (SSSR count). The summed E-state index contributed by atoms with van der Waals surface area (Å²) in [6.45, 7) is -0.0561. The van der Waals surface area contributed by atoms with E-state index in [0.29, 0.717) is 12.4 Å². The largest absolute Gasteiger partial charge is 0.383 e. The second-order valence-corrected chi connectivity index (χ2v) is 2.54. The molecule has 3 N–H and O–H groups in total. The summed E-state index contributed by atoms with van der Waals surface area (Å²) in [5.41, 5.74) is 5.32. The normalized spacial score (nSPS) is 9.70. The first-order valence-corrected chi connectivity index (χ1v) is 3.62. The Bertz CT molecular complexity index is 201. The van der Waals surface area contributed by atoms with Crippen molar-refractivity contribution in [2.45, 2.75) is 0 Å². The summed E-state index contributed by atoms with van der Waals surface area (Å²) >= 11 is 1.24. The van der Waals surface area contributed by atoms with Crippen LogP contribution in [0.25, 0.3) is 0 Å². The van der Waals surface area contributed by atoms with Crippen molar-refractivity contribution in [1.29, 1.82) is 0 Å². The molecular weight excluding hydrogens is 153 g/mol. The lowest BCUT2D eigenvalue weighted by Crippen LogP contribution is -2.00. The number of alkyl halides is 1. The molecule has 0 unspecified atom stereocenters. The van der Waals surface area contributed by atoms with E-state index in [4.69, 9.17) is 5.73 Å². The molecule has 1 aromatic heterocycles. The summed E-state index contributed by atoms with van der Waals surface area (Å²) in [6.07, 6.45) is 0. The van der Waals surface area contributed by atoms with Crippen molar-refractivity contribution in [1.82, 2.24) is 4.37 Å². The number of nitrogens with zero attached hydrogens (tertiary/aromatic N) is 1. The predicted octanol–water partition coefficient (Wildman–Crippen LogP) is 1.11. The van der Waals surface area contributed by atoms with E-state index in [1.54, 1.807) is 6.07 Å². The van der Waals surface area contributed by atoms with Crippen LogP contribution in [0.5, 0.6) is 0 Å². The number of rotatable bonds is 3. The summed E-state index contributed by atoms with van der Waals surface area (Å²) in [6, 6.07) is 1.68. The Hall–Kier alpha value is -0.840. The maximum absolute atomic E-state index is 11.6. The topological polar surface area (TPSA) is 50.9 Å². The zero-order valence-electron chi connectivity index (χ0n) is 5.30. The molecular formula is C5H8FN3S. The minimum atomic E-state index is -0.377. The van der Waals surface area contributed by atoms with Gasteiger partial charge in [0.15, 0.2) is 0 Å². The van der Waals surface area contributed by atoms with Gasteiger partial charge in [0.25, 0.3) is 0 Å². The van der Waals surface area contributed by atoms with Crippen molar-refractivity contribution in [3.63, 3.8) is 0 Å². The average molecular weight is 161 g/mol. The van der Waals surface area contributed by atoms with Crippen LogP contribution < -0.4 is 11.1 Å². The van der Waals surface area contributed by atoms with E-state index in [2.05, 4.69) is 9.69 Å². The fourth-order valence-corrected chi connectivity index (χ4v) is 1.14. The number of nitrogens with two attached hydrogens (primary N) is 1. The highest BCUT2D eigenvalue weighted by atomic mass is 32.1. The van der Waals surface area contributed by atoms with E-state index in [1.165, 1.54) is 11.5 Å². The molecule has 0 aliphatic carbocycles. The molecule has 0 atom stereocenters. The Labute approximate surface area is 62.2 Å². The lowest BCUT2D eigenvalue weighted by molar-refractivity contribution is 0.513. The van der Waals surface area contributed by atoms with Crippen molar-refractivity contribution < 1.29 is 4.39 Å². The van der Waals surface area contributed by atoms with Crippen LogP contribution in [-0.2, 0) is 0 Å². The van der Waals surface area contributed by atoms with Crippen molar-refractivity contribution in [3.05, 3.63) is 6.07 Å². The third kappa shape index (κ3) is 1.84. The minimum absolute atomic E-state index is 0.321. The van der Waals surface area contributed by atoms with Crippen LogP contribution in [0.4, 0.5) is 15.2 Å². The fourth-order valence-electron chi connectivity index (χ4n) is 0.543. The maximum Gasteiger partial charge on any atom is 0.139 e. The van der Waals surface area contributed by atoms with E-state index < -0.39 is 0 Å². The molecule has 0 aromatic carbocycles. The van der Waals surface area contributed by atoms with Crippen LogP contribution in [0.1, 0.15) is 0 Å². The van der Waals surface area contributed by atoms with Crippen LogP contribution >= 0.6 is 11.5 Å². The van der Waals surface area contributed by atoms with Crippen molar-refractivity contribution in [3.8, 4) is 0 Å². The monoisotopic (exact) mass is 161 g/mol. The van der Waals surface area contributed by atoms with Gasteiger partial charge in [-0.05, 0) is 11.5 Å². The Morgan fingerprint density at radius 3 is 3.10 bits per heavy atom. The first-order chi connectivity index (χ1) is 4.83.